The Morgan fingerprint density at radius 1 is 1.12 bits per heavy atom. The maximum Gasteiger partial charge on any atom is 0.337 e. The molecule has 2 heterocycles. The standard InChI is InChI=1S/C19H15NO4/c1-22-19(21)15-4-2-3-14(9-15)16-10-17(24-20-16)12-5-7-13(8-6-12)18-11-23-18/h2-10,18H,11H2,1H3. The Hall–Kier alpha value is -2.92. The minimum atomic E-state index is -0.376. The maximum atomic E-state index is 11.6. The molecule has 0 amide bonds. The van der Waals surface area contributed by atoms with Gasteiger partial charge in [0.2, 0.25) is 0 Å². The molecule has 1 atom stereocenters. The van der Waals surface area contributed by atoms with Gasteiger partial charge in [-0.05, 0) is 17.7 Å². The van der Waals surface area contributed by atoms with Crippen molar-refractivity contribution < 1.29 is 18.8 Å². The van der Waals surface area contributed by atoms with E-state index in [0.717, 1.165) is 17.7 Å². The third kappa shape index (κ3) is 2.81. The Balaban J connectivity index is 1.61. The van der Waals surface area contributed by atoms with Gasteiger partial charge in [0, 0.05) is 17.2 Å². The van der Waals surface area contributed by atoms with Gasteiger partial charge < -0.3 is 14.0 Å². The van der Waals surface area contributed by atoms with Gasteiger partial charge in [-0.15, -0.1) is 0 Å². The van der Waals surface area contributed by atoms with Crippen molar-refractivity contribution in [3.63, 3.8) is 0 Å². The van der Waals surface area contributed by atoms with E-state index in [1.807, 2.05) is 36.4 Å². The van der Waals surface area contributed by atoms with Gasteiger partial charge in [-0.2, -0.15) is 0 Å². The van der Waals surface area contributed by atoms with Crippen molar-refractivity contribution in [2.45, 2.75) is 6.10 Å². The second-order valence-electron chi connectivity index (χ2n) is 5.59. The van der Waals surface area contributed by atoms with E-state index in [4.69, 9.17) is 14.0 Å². The zero-order chi connectivity index (χ0) is 16.5. The van der Waals surface area contributed by atoms with Crippen LogP contribution < -0.4 is 0 Å². The van der Waals surface area contributed by atoms with E-state index in [9.17, 15) is 4.79 Å². The number of epoxide rings is 1. The Morgan fingerprint density at radius 2 is 1.92 bits per heavy atom. The third-order valence-corrected chi connectivity index (χ3v) is 3.99. The molecule has 120 valence electrons. The molecule has 1 aromatic heterocycles. The molecular weight excluding hydrogens is 306 g/mol. The predicted molar refractivity (Wildman–Crippen MR) is 87.4 cm³/mol. The fourth-order valence-corrected chi connectivity index (χ4v) is 2.57. The Morgan fingerprint density at radius 3 is 2.62 bits per heavy atom. The lowest BCUT2D eigenvalue weighted by Gasteiger charge is -2.00. The smallest absolute Gasteiger partial charge is 0.337 e. The number of benzene rings is 2. The molecule has 1 aliphatic rings. The Labute approximate surface area is 138 Å². The van der Waals surface area contributed by atoms with E-state index in [1.165, 1.54) is 12.7 Å². The van der Waals surface area contributed by atoms with E-state index in [0.29, 0.717) is 17.0 Å². The number of ether oxygens (including phenoxy) is 2. The lowest BCUT2D eigenvalue weighted by atomic mass is 10.1. The number of carbonyl (C=O) groups excluding carboxylic acids is 1. The van der Waals surface area contributed by atoms with Gasteiger partial charge in [-0.3, -0.25) is 0 Å². The van der Waals surface area contributed by atoms with E-state index in [2.05, 4.69) is 5.16 Å². The number of rotatable bonds is 4. The normalized spacial score (nSPS) is 16.0. The Bertz CT molecular complexity index is 878. The monoisotopic (exact) mass is 321 g/mol. The number of methoxy groups -OCH3 is 1. The largest absolute Gasteiger partial charge is 0.465 e. The molecule has 2 aromatic carbocycles. The summed E-state index contributed by atoms with van der Waals surface area (Å²) < 4.78 is 15.5. The minimum absolute atomic E-state index is 0.241. The minimum Gasteiger partial charge on any atom is -0.465 e. The van der Waals surface area contributed by atoms with Crippen LogP contribution in [0.1, 0.15) is 22.0 Å². The van der Waals surface area contributed by atoms with Crippen LogP contribution in [0.2, 0.25) is 0 Å². The topological polar surface area (TPSA) is 64.9 Å². The van der Waals surface area contributed by atoms with Crippen LogP contribution >= 0.6 is 0 Å². The second-order valence-corrected chi connectivity index (χ2v) is 5.59. The van der Waals surface area contributed by atoms with Crippen LogP contribution in [-0.2, 0) is 9.47 Å². The quantitative estimate of drug-likeness (QED) is 0.539. The highest BCUT2D eigenvalue weighted by molar-refractivity contribution is 5.90. The van der Waals surface area contributed by atoms with Crippen molar-refractivity contribution in [2.75, 3.05) is 13.7 Å². The highest BCUT2D eigenvalue weighted by Crippen LogP contribution is 2.32. The highest BCUT2D eigenvalue weighted by Gasteiger charge is 2.24. The van der Waals surface area contributed by atoms with Gasteiger partial charge in [0.1, 0.15) is 11.8 Å². The molecule has 5 heteroatoms. The van der Waals surface area contributed by atoms with E-state index < -0.39 is 0 Å². The molecule has 0 saturated carbocycles. The lowest BCUT2D eigenvalue weighted by molar-refractivity contribution is 0.0601. The molecule has 5 nitrogen and oxygen atoms in total. The molecule has 0 N–H and O–H groups in total. The van der Waals surface area contributed by atoms with Crippen molar-refractivity contribution in [1.82, 2.24) is 5.16 Å². The van der Waals surface area contributed by atoms with Crippen molar-refractivity contribution >= 4 is 5.97 Å². The fourth-order valence-electron chi connectivity index (χ4n) is 2.57. The summed E-state index contributed by atoms with van der Waals surface area (Å²) in [5.41, 5.74) is 4.07. The van der Waals surface area contributed by atoms with Gasteiger partial charge in [0.05, 0.1) is 19.3 Å². The average molecular weight is 321 g/mol. The van der Waals surface area contributed by atoms with Crippen molar-refractivity contribution in [3.05, 3.63) is 65.7 Å². The summed E-state index contributed by atoms with van der Waals surface area (Å²) >= 11 is 0. The van der Waals surface area contributed by atoms with E-state index in [-0.39, 0.29) is 12.1 Å². The molecule has 0 radical (unpaired) electrons. The van der Waals surface area contributed by atoms with Crippen LogP contribution in [0.5, 0.6) is 0 Å². The second kappa shape index (κ2) is 5.94. The number of hydrogen-bond donors (Lipinski definition) is 0. The van der Waals surface area contributed by atoms with Crippen LogP contribution in [0.25, 0.3) is 22.6 Å². The van der Waals surface area contributed by atoms with Gasteiger partial charge in [-0.25, -0.2) is 4.79 Å². The van der Waals surface area contributed by atoms with Gasteiger partial charge in [0.15, 0.2) is 5.76 Å². The van der Waals surface area contributed by atoms with Gasteiger partial charge >= 0.3 is 5.97 Å². The zero-order valence-electron chi connectivity index (χ0n) is 13.1. The fraction of sp³-hybridized carbons (Fsp3) is 0.158. The van der Waals surface area contributed by atoms with E-state index >= 15 is 0 Å². The van der Waals surface area contributed by atoms with Crippen molar-refractivity contribution in [3.8, 4) is 22.6 Å². The van der Waals surface area contributed by atoms with Crippen molar-refractivity contribution in [1.29, 1.82) is 0 Å². The summed E-state index contributed by atoms with van der Waals surface area (Å²) in [6.45, 7) is 0.794. The summed E-state index contributed by atoms with van der Waals surface area (Å²) in [4.78, 5) is 11.6. The molecule has 24 heavy (non-hydrogen) atoms. The van der Waals surface area contributed by atoms with Crippen LogP contribution in [0, 0.1) is 0 Å². The highest BCUT2D eigenvalue weighted by atomic mass is 16.6. The zero-order valence-corrected chi connectivity index (χ0v) is 13.1. The number of carbonyl (C=O) groups is 1. The van der Waals surface area contributed by atoms with Gasteiger partial charge in [-0.1, -0.05) is 41.6 Å². The lowest BCUT2D eigenvalue weighted by Crippen LogP contribution is -2.00. The summed E-state index contributed by atoms with van der Waals surface area (Å²) in [5, 5.41) is 4.11. The SMILES string of the molecule is COC(=O)c1cccc(-c2cc(-c3ccc(C4CO4)cc3)on2)c1. The Kier molecular flexibility index (Phi) is 3.63. The molecule has 0 aliphatic carbocycles. The molecule has 0 spiro atoms. The summed E-state index contributed by atoms with van der Waals surface area (Å²) in [6.07, 6.45) is 0.241. The summed E-state index contributed by atoms with van der Waals surface area (Å²) in [5.74, 6) is 0.301. The third-order valence-electron chi connectivity index (χ3n) is 3.99. The van der Waals surface area contributed by atoms with Gasteiger partial charge in [0.25, 0.3) is 0 Å². The molecule has 1 aliphatic heterocycles. The molecule has 1 fully saturated rings. The average Bonchev–Trinajstić information content (AvgIpc) is 3.38. The molecule has 1 unspecified atom stereocenters. The predicted octanol–water partition coefficient (Wildman–Crippen LogP) is 3.87. The molecule has 1 saturated heterocycles. The molecule has 3 aromatic rings. The first-order valence-electron chi connectivity index (χ1n) is 7.62. The van der Waals surface area contributed by atoms with Crippen molar-refractivity contribution in [2.24, 2.45) is 0 Å². The first kappa shape index (κ1) is 14.7. The molecule has 4 rings (SSSR count). The van der Waals surface area contributed by atoms with E-state index in [1.54, 1.807) is 18.2 Å². The first-order valence-corrected chi connectivity index (χ1v) is 7.62. The molecule has 0 bridgehead atoms. The van der Waals surface area contributed by atoms with Crippen LogP contribution in [0.3, 0.4) is 0 Å². The van der Waals surface area contributed by atoms with Crippen LogP contribution in [-0.4, -0.2) is 24.8 Å². The maximum absolute atomic E-state index is 11.6. The van der Waals surface area contributed by atoms with Crippen LogP contribution in [0.4, 0.5) is 0 Å². The van der Waals surface area contributed by atoms with Crippen LogP contribution in [0.15, 0.2) is 59.1 Å². The number of hydrogen-bond acceptors (Lipinski definition) is 5. The summed E-state index contributed by atoms with van der Waals surface area (Å²) in [7, 11) is 1.36. The summed E-state index contributed by atoms with van der Waals surface area (Å²) in [6, 6.07) is 17.0. The number of esters is 1. The molecular formula is C19H15NO4. The number of nitrogens with zero attached hydrogens (tertiary/aromatic N) is 1. The first-order chi connectivity index (χ1) is 11.7. The number of aromatic nitrogens is 1.